The molecule has 0 radical (unpaired) electrons. The summed E-state index contributed by atoms with van der Waals surface area (Å²) in [4.78, 5) is 22.5. The van der Waals surface area contributed by atoms with Crippen molar-refractivity contribution < 1.29 is 22.7 Å². The standard InChI is InChI=1S/C27H34N4O5S2/c1-4-20-8-5-6-15-31(20)38(33,34)21-11-9-19(10-12-21)26(32)30(14-7-13-29(2)3)27-28-22-16-23-24(36-18-35-23)17-25(22)37-27/h9-12,16-17,20H,4-8,13-15,18H2,1-3H3/t20-/m0/s1. The van der Waals surface area contributed by atoms with Crippen LogP contribution in [0.25, 0.3) is 10.2 Å². The summed E-state index contributed by atoms with van der Waals surface area (Å²) in [5, 5.41) is 0.586. The fourth-order valence-electron chi connectivity index (χ4n) is 5.01. The van der Waals surface area contributed by atoms with Crippen LogP contribution < -0.4 is 14.4 Å². The lowest BCUT2D eigenvalue weighted by atomic mass is 10.0. The molecule has 0 bridgehead atoms. The number of fused-ring (bicyclic) bond motifs is 2. The van der Waals surface area contributed by atoms with Crippen molar-refractivity contribution in [1.29, 1.82) is 0 Å². The van der Waals surface area contributed by atoms with Crippen molar-refractivity contribution >= 4 is 42.6 Å². The van der Waals surface area contributed by atoms with Crippen molar-refractivity contribution in [2.45, 2.75) is 50.0 Å². The van der Waals surface area contributed by atoms with Crippen molar-refractivity contribution in [2.75, 3.05) is 45.4 Å². The van der Waals surface area contributed by atoms with Crippen LogP contribution in [-0.4, -0.2) is 75.1 Å². The highest BCUT2D eigenvalue weighted by Gasteiger charge is 2.33. The Labute approximate surface area is 228 Å². The molecule has 1 saturated heterocycles. The molecule has 11 heteroatoms. The first-order valence-electron chi connectivity index (χ1n) is 13.1. The fraction of sp³-hybridized carbons (Fsp3) is 0.481. The third-order valence-corrected chi connectivity index (χ3v) is 10.1. The number of carbonyl (C=O) groups excluding carboxylic acids is 1. The molecule has 3 heterocycles. The minimum Gasteiger partial charge on any atom is -0.454 e. The number of ether oxygens (including phenoxy) is 2. The van der Waals surface area contributed by atoms with Crippen molar-refractivity contribution in [1.82, 2.24) is 14.2 Å². The number of amides is 1. The van der Waals surface area contributed by atoms with Gasteiger partial charge in [-0.05, 0) is 70.6 Å². The summed E-state index contributed by atoms with van der Waals surface area (Å²) in [7, 11) is 0.377. The smallest absolute Gasteiger partial charge is 0.260 e. The van der Waals surface area contributed by atoms with Gasteiger partial charge >= 0.3 is 0 Å². The number of hydrogen-bond donors (Lipinski definition) is 0. The van der Waals surface area contributed by atoms with E-state index >= 15 is 0 Å². The Balaban J connectivity index is 1.41. The van der Waals surface area contributed by atoms with Crippen LogP contribution in [-0.2, 0) is 10.0 Å². The maximum Gasteiger partial charge on any atom is 0.260 e. The average molecular weight is 559 g/mol. The second-order valence-electron chi connectivity index (χ2n) is 9.98. The Bertz CT molecular complexity index is 1360. The van der Waals surface area contributed by atoms with Gasteiger partial charge in [-0.25, -0.2) is 13.4 Å². The lowest BCUT2D eigenvalue weighted by Crippen LogP contribution is -2.43. The molecule has 1 amide bonds. The van der Waals surface area contributed by atoms with Crippen molar-refractivity contribution in [3.8, 4) is 11.5 Å². The number of piperidine rings is 1. The van der Waals surface area contributed by atoms with Gasteiger partial charge in [0.05, 0.1) is 15.1 Å². The van der Waals surface area contributed by atoms with Crippen molar-refractivity contribution in [3.63, 3.8) is 0 Å². The second-order valence-corrected chi connectivity index (χ2v) is 12.9. The van der Waals surface area contributed by atoms with E-state index in [9.17, 15) is 13.2 Å². The molecule has 204 valence electrons. The molecule has 1 fully saturated rings. The molecule has 3 aromatic rings. The minimum absolute atomic E-state index is 0.0263. The summed E-state index contributed by atoms with van der Waals surface area (Å²) in [5.41, 5.74) is 1.17. The summed E-state index contributed by atoms with van der Waals surface area (Å²) < 4.78 is 40.3. The Morgan fingerprint density at radius 1 is 1.11 bits per heavy atom. The Hall–Kier alpha value is -2.73. The third kappa shape index (κ3) is 5.38. The van der Waals surface area contributed by atoms with Crippen LogP contribution in [0.4, 0.5) is 5.13 Å². The van der Waals surface area contributed by atoms with E-state index in [-0.39, 0.29) is 23.6 Å². The van der Waals surface area contributed by atoms with Gasteiger partial charge in [-0.3, -0.25) is 9.69 Å². The first-order valence-corrected chi connectivity index (χ1v) is 15.3. The van der Waals surface area contributed by atoms with Gasteiger partial charge in [0.1, 0.15) is 0 Å². The molecular formula is C27H34N4O5S2. The summed E-state index contributed by atoms with van der Waals surface area (Å²) >= 11 is 1.42. The molecule has 0 spiro atoms. The predicted molar refractivity (Wildman–Crippen MR) is 149 cm³/mol. The summed E-state index contributed by atoms with van der Waals surface area (Å²) in [6.07, 6.45) is 4.36. The Kier molecular flexibility index (Phi) is 7.90. The molecule has 2 aliphatic heterocycles. The lowest BCUT2D eigenvalue weighted by Gasteiger charge is -2.34. The number of sulfonamides is 1. The lowest BCUT2D eigenvalue weighted by molar-refractivity contribution is 0.0986. The van der Waals surface area contributed by atoms with Gasteiger partial charge in [0.15, 0.2) is 16.6 Å². The number of anilines is 1. The van der Waals surface area contributed by atoms with E-state index in [1.165, 1.54) is 11.3 Å². The predicted octanol–water partition coefficient (Wildman–Crippen LogP) is 4.58. The van der Waals surface area contributed by atoms with Gasteiger partial charge in [0, 0.05) is 36.8 Å². The van der Waals surface area contributed by atoms with E-state index in [4.69, 9.17) is 14.5 Å². The van der Waals surface area contributed by atoms with E-state index < -0.39 is 10.0 Å². The normalized spacial score (nSPS) is 17.8. The Morgan fingerprint density at radius 3 is 2.55 bits per heavy atom. The van der Waals surface area contributed by atoms with Crippen LogP contribution in [0.15, 0.2) is 41.3 Å². The molecule has 9 nitrogen and oxygen atoms in total. The van der Waals surface area contributed by atoms with Crippen LogP contribution in [0.1, 0.15) is 49.4 Å². The fourth-order valence-corrected chi connectivity index (χ4v) is 7.78. The third-order valence-electron chi connectivity index (χ3n) is 7.09. The van der Waals surface area contributed by atoms with Gasteiger partial charge < -0.3 is 14.4 Å². The summed E-state index contributed by atoms with van der Waals surface area (Å²) in [6.45, 7) is 4.06. The van der Waals surface area contributed by atoms with Crippen LogP contribution >= 0.6 is 11.3 Å². The molecule has 38 heavy (non-hydrogen) atoms. The van der Waals surface area contributed by atoms with E-state index in [1.807, 2.05) is 33.2 Å². The highest BCUT2D eigenvalue weighted by molar-refractivity contribution is 7.89. The van der Waals surface area contributed by atoms with Gasteiger partial charge in [-0.15, -0.1) is 0 Å². The van der Waals surface area contributed by atoms with Crippen LogP contribution in [0.3, 0.4) is 0 Å². The number of carbonyl (C=O) groups is 1. The maximum absolute atomic E-state index is 13.7. The van der Waals surface area contributed by atoms with Gasteiger partial charge in [0.25, 0.3) is 5.91 Å². The topological polar surface area (TPSA) is 92.3 Å². The second kappa shape index (κ2) is 11.2. The summed E-state index contributed by atoms with van der Waals surface area (Å²) in [5.74, 6) is 1.11. The number of thiazole rings is 1. The van der Waals surface area contributed by atoms with Crippen molar-refractivity contribution in [2.24, 2.45) is 0 Å². The highest BCUT2D eigenvalue weighted by Crippen LogP contribution is 2.40. The molecule has 0 unspecified atom stereocenters. The molecule has 1 aromatic heterocycles. The monoisotopic (exact) mass is 558 g/mol. The zero-order valence-corrected chi connectivity index (χ0v) is 23.7. The Morgan fingerprint density at radius 2 is 1.84 bits per heavy atom. The van der Waals surface area contributed by atoms with E-state index in [2.05, 4.69) is 4.90 Å². The quantitative estimate of drug-likeness (QED) is 0.380. The number of nitrogens with zero attached hydrogens (tertiary/aromatic N) is 4. The molecule has 0 N–H and O–H groups in total. The highest BCUT2D eigenvalue weighted by atomic mass is 32.2. The molecule has 0 aliphatic carbocycles. The number of hydrogen-bond acceptors (Lipinski definition) is 8. The maximum atomic E-state index is 13.7. The van der Waals surface area contributed by atoms with Crippen LogP contribution in [0.2, 0.25) is 0 Å². The van der Waals surface area contributed by atoms with Gasteiger partial charge in [-0.2, -0.15) is 4.31 Å². The van der Waals surface area contributed by atoms with E-state index in [1.54, 1.807) is 33.5 Å². The average Bonchev–Trinajstić information content (AvgIpc) is 3.55. The minimum atomic E-state index is -3.62. The number of aromatic nitrogens is 1. The molecular weight excluding hydrogens is 524 g/mol. The van der Waals surface area contributed by atoms with Gasteiger partial charge in [0.2, 0.25) is 16.8 Å². The number of benzene rings is 2. The molecule has 1 atom stereocenters. The van der Waals surface area contributed by atoms with E-state index in [0.29, 0.717) is 35.3 Å². The first-order chi connectivity index (χ1) is 18.3. The SMILES string of the molecule is CC[C@H]1CCCCN1S(=O)(=O)c1ccc(C(=O)N(CCCN(C)C)c2nc3cc4c(cc3s2)OCO4)cc1. The van der Waals surface area contributed by atoms with Crippen LogP contribution in [0.5, 0.6) is 11.5 Å². The van der Waals surface area contributed by atoms with Crippen molar-refractivity contribution in [3.05, 3.63) is 42.0 Å². The zero-order valence-electron chi connectivity index (χ0n) is 22.1. The first kappa shape index (κ1) is 26.9. The molecule has 0 saturated carbocycles. The molecule has 5 rings (SSSR count). The summed E-state index contributed by atoms with van der Waals surface area (Å²) in [6, 6.07) is 10.1. The molecule has 2 aromatic carbocycles. The largest absolute Gasteiger partial charge is 0.454 e. The van der Waals surface area contributed by atoms with Gasteiger partial charge in [-0.1, -0.05) is 24.7 Å². The van der Waals surface area contributed by atoms with Crippen LogP contribution in [0, 0.1) is 0 Å². The molecule has 2 aliphatic rings. The zero-order chi connectivity index (χ0) is 26.9. The number of rotatable bonds is 9. The van der Waals surface area contributed by atoms with E-state index in [0.717, 1.165) is 48.9 Å².